The van der Waals surface area contributed by atoms with Crippen LogP contribution in [0.4, 0.5) is 4.39 Å². The first-order valence-electron chi connectivity index (χ1n) is 7.26. The van der Waals surface area contributed by atoms with E-state index in [1.54, 1.807) is 6.07 Å². The molecule has 1 heterocycles. The zero-order chi connectivity index (χ0) is 15.4. The molecule has 3 rings (SSSR count). The van der Waals surface area contributed by atoms with E-state index in [2.05, 4.69) is 27.0 Å². The van der Waals surface area contributed by atoms with Crippen molar-refractivity contribution in [3.8, 4) is 0 Å². The quantitative estimate of drug-likeness (QED) is 0.736. The SMILES string of the molecule is OCCN(Cc1ccccc1)Cc1nc2ccc(F)cc2[nH]1. The Bertz CT molecular complexity index is 742. The molecule has 114 valence electrons. The van der Waals surface area contributed by atoms with Crippen molar-refractivity contribution in [1.29, 1.82) is 0 Å². The number of aliphatic hydroxyl groups is 1. The Morgan fingerprint density at radius 2 is 1.91 bits per heavy atom. The summed E-state index contributed by atoms with van der Waals surface area (Å²) in [5.41, 5.74) is 2.62. The van der Waals surface area contributed by atoms with E-state index in [1.807, 2.05) is 18.2 Å². The van der Waals surface area contributed by atoms with Crippen LogP contribution in [-0.2, 0) is 13.1 Å². The van der Waals surface area contributed by atoms with Gasteiger partial charge in [-0.1, -0.05) is 30.3 Å². The van der Waals surface area contributed by atoms with Crippen LogP contribution in [0.15, 0.2) is 48.5 Å². The number of aromatic amines is 1. The van der Waals surface area contributed by atoms with E-state index < -0.39 is 0 Å². The van der Waals surface area contributed by atoms with Gasteiger partial charge in [-0.3, -0.25) is 4.90 Å². The van der Waals surface area contributed by atoms with Crippen LogP contribution in [-0.4, -0.2) is 33.1 Å². The van der Waals surface area contributed by atoms with Crippen LogP contribution in [0.5, 0.6) is 0 Å². The third kappa shape index (κ3) is 3.50. The molecule has 4 nitrogen and oxygen atoms in total. The molecule has 0 amide bonds. The maximum atomic E-state index is 13.2. The molecule has 5 heteroatoms. The number of hydrogen-bond donors (Lipinski definition) is 2. The average molecular weight is 299 g/mol. The first-order valence-corrected chi connectivity index (χ1v) is 7.26. The molecule has 0 bridgehead atoms. The number of hydrogen-bond acceptors (Lipinski definition) is 3. The molecule has 0 saturated carbocycles. The molecule has 1 aromatic heterocycles. The van der Waals surface area contributed by atoms with Gasteiger partial charge < -0.3 is 10.1 Å². The molecular formula is C17H18FN3O. The number of halogens is 1. The lowest BCUT2D eigenvalue weighted by molar-refractivity contribution is 0.181. The Labute approximate surface area is 128 Å². The Hall–Kier alpha value is -2.24. The van der Waals surface area contributed by atoms with Crippen molar-refractivity contribution >= 4 is 11.0 Å². The molecule has 0 saturated heterocycles. The van der Waals surface area contributed by atoms with Crippen molar-refractivity contribution < 1.29 is 9.50 Å². The van der Waals surface area contributed by atoms with Gasteiger partial charge in [0.15, 0.2) is 0 Å². The Morgan fingerprint density at radius 1 is 1.09 bits per heavy atom. The van der Waals surface area contributed by atoms with Gasteiger partial charge in [-0.25, -0.2) is 9.37 Å². The smallest absolute Gasteiger partial charge is 0.125 e. The summed E-state index contributed by atoms with van der Waals surface area (Å²) in [5.74, 6) is 0.490. The van der Waals surface area contributed by atoms with Crippen LogP contribution in [0.25, 0.3) is 11.0 Å². The van der Waals surface area contributed by atoms with Crippen molar-refractivity contribution in [2.24, 2.45) is 0 Å². The Kier molecular flexibility index (Phi) is 4.46. The summed E-state index contributed by atoms with van der Waals surface area (Å²) in [6, 6.07) is 14.6. The number of imidazole rings is 1. The highest BCUT2D eigenvalue weighted by Gasteiger charge is 2.10. The largest absolute Gasteiger partial charge is 0.395 e. The minimum atomic E-state index is -0.279. The highest BCUT2D eigenvalue weighted by atomic mass is 19.1. The van der Waals surface area contributed by atoms with Gasteiger partial charge in [-0.05, 0) is 23.8 Å². The van der Waals surface area contributed by atoms with Crippen molar-refractivity contribution in [3.05, 3.63) is 65.7 Å². The lowest BCUT2D eigenvalue weighted by atomic mass is 10.2. The van der Waals surface area contributed by atoms with Crippen LogP contribution < -0.4 is 0 Å². The third-order valence-electron chi connectivity index (χ3n) is 3.53. The van der Waals surface area contributed by atoms with E-state index in [9.17, 15) is 9.50 Å². The molecular weight excluding hydrogens is 281 g/mol. The highest BCUT2D eigenvalue weighted by molar-refractivity contribution is 5.74. The molecule has 0 unspecified atom stereocenters. The summed E-state index contributed by atoms with van der Waals surface area (Å²) in [4.78, 5) is 9.71. The number of aromatic nitrogens is 2. The van der Waals surface area contributed by atoms with E-state index in [0.29, 0.717) is 18.6 Å². The van der Waals surface area contributed by atoms with E-state index in [4.69, 9.17) is 0 Å². The molecule has 0 aliphatic carbocycles. The number of benzene rings is 2. The number of nitrogens with one attached hydrogen (secondary N) is 1. The molecule has 0 aliphatic heterocycles. The zero-order valence-electron chi connectivity index (χ0n) is 12.2. The van der Waals surface area contributed by atoms with Crippen LogP contribution in [0.2, 0.25) is 0 Å². The standard InChI is InChI=1S/C17H18FN3O/c18-14-6-7-15-16(10-14)20-17(19-15)12-21(8-9-22)11-13-4-2-1-3-5-13/h1-7,10,22H,8-9,11-12H2,(H,19,20). The molecule has 22 heavy (non-hydrogen) atoms. The summed E-state index contributed by atoms with van der Waals surface area (Å²) in [5, 5.41) is 9.25. The van der Waals surface area contributed by atoms with Crippen molar-refractivity contribution in [3.63, 3.8) is 0 Å². The van der Waals surface area contributed by atoms with Gasteiger partial charge in [0.2, 0.25) is 0 Å². The Balaban J connectivity index is 1.76. The van der Waals surface area contributed by atoms with Crippen LogP contribution >= 0.6 is 0 Å². The lowest BCUT2D eigenvalue weighted by Gasteiger charge is -2.20. The summed E-state index contributed by atoms with van der Waals surface area (Å²) >= 11 is 0. The second-order valence-corrected chi connectivity index (χ2v) is 5.26. The van der Waals surface area contributed by atoms with E-state index in [0.717, 1.165) is 17.9 Å². The van der Waals surface area contributed by atoms with Crippen LogP contribution in [0.3, 0.4) is 0 Å². The van der Waals surface area contributed by atoms with Gasteiger partial charge in [0.05, 0.1) is 24.2 Å². The predicted molar refractivity (Wildman–Crippen MR) is 83.7 cm³/mol. The number of rotatable bonds is 6. The fraction of sp³-hybridized carbons (Fsp3) is 0.235. The van der Waals surface area contributed by atoms with E-state index in [-0.39, 0.29) is 12.4 Å². The average Bonchev–Trinajstić information content (AvgIpc) is 2.90. The fourth-order valence-corrected chi connectivity index (χ4v) is 2.52. The summed E-state index contributed by atoms with van der Waals surface area (Å²) in [7, 11) is 0. The molecule has 0 atom stereocenters. The van der Waals surface area contributed by atoms with Crippen LogP contribution in [0.1, 0.15) is 11.4 Å². The van der Waals surface area contributed by atoms with E-state index >= 15 is 0 Å². The highest BCUT2D eigenvalue weighted by Crippen LogP contribution is 2.15. The summed E-state index contributed by atoms with van der Waals surface area (Å²) < 4.78 is 13.2. The van der Waals surface area contributed by atoms with Gasteiger partial charge >= 0.3 is 0 Å². The maximum absolute atomic E-state index is 13.2. The molecule has 0 radical (unpaired) electrons. The number of nitrogens with zero attached hydrogens (tertiary/aromatic N) is 2. The second-order valence-electron chi connectivity index (χ2n) is 5.26. The van der Waals surface area contributed by atoms with Crippen molar-refractivity contribution in [1.82, 2.24) is 14.9 Å². The maximum Gasteiger partial charge on any atom is 0.125 e. The topological polar surface area (TPSA) is 52.1 Å². The van der Waals surface area contributed by atoms with Gasteiger partial charge in [-0.2, -0.15) is 0 Å². The predicted octanol–water partition coefficient (Wildman–Crippen LogP) is 2.70. The van der Waals surface area contributed by atoms with Gasteiger partial charge in [-0.15, -0.1) is 0 Å². The lowest BCUT2D eigenvalue weighted by Crippen LogP contribution is -2.26. The van der Waals surface area contributed by atoms with E-state index in [1.165, 1.54) is 17.7 Å². The van der Waals surface area contributed by atoms with Gasteiger partial charge in [0.1, 0.15) is 11.6 Å². The number of aliphatic hydroxyl groups excluding tert-OH is 1. The van der Waals surface area contributed by atoms with Gasteiger partial charge in [0, 0.05) is 13.1 Å². The fourth-order valence-electron chi connectivity index (χ4n) is 2.52. The molecule has 0 spiro atoms. The first kappa shape index (κ1) is 14.7. The second kappa shape index (κ2) is 6.68. The number of fused-ring (bicyclic) bond motifs is 1. The number of H-pyrrole nitrogens is 1. The van der Waals surface area contributed by atoms with Crippen molar-refractivity contribution in [2.75, 3.05) is 13.2 Å². The third-order valence-corrected chi connectivity index (χ3v) is 3.53. The molecule has 2 N–H and O–H groups in total. The molecule has 3 aromatic rings. The minimum absolute atomic E-state index is 0.0850. The molecule has 0 fully saturated rings. The minimum Gasteiger partial charge on any atom is -0.395 e. The zero-order valence-corrected chi connectivity index (χ0v) is 12.2. The molecule has 0 aliphatic rings. The first-order chi connectivity index (χ1) is 10.7. The van der Waals surface area contributed by atoms with Gasteiger partial charge in [0.25, 0.3) is 0 Å². The van der Waals surface area contributed by atoms with Crippen LogP contribution in [0, 0.1) is 5.82 Å². The molecule has 2 aromatic carbocycles. The van der Waals surface area contributed by atoms with Crippen molar-refractivity contribution in [2.45, 2.75) is 13.1 Å². The monoisotopic (exact) mass is 299 g/mol. The summed E-state index contributed by atoms with van der Waals surface area (Å²) in [6.45, 7) is 1.94. The Morgan fingerprint density at radius 3 is 2.68 bits per heavy atom. The normalized spacial score (nSPS) is 11.4. The summed E-state index contributed by atoms with van der Waals surface area (Å²) in [6.07, 6.45) is 0.